The van der Waals surface area contributed by atoms with Gasteiger partial charge in [-0.25, -0.2) is 13.2 Å². The van der Waals surface area contributed by atoms with E-state index < -0.39 is 15.8 Å². The van der Waals surface area contributed by atoms with Crippen molar-refractivity contribution in [2.75, 3.05) is 13.4 Å². The summed E-state index contributed by atoms with van der Waals surface area (Å²) in [6.07, 6.45) is 1.17. The maximum Gasteiger partial charge on any atom is 0.337 e. The minimum absolute atomic E-state index is 0.269. The molecule has 0 aliphatic rings. The molecule has 104 valence electrons. The van der Waals surface area contributed by atoms with Crippen molar-refractivity contribution in [3.63, 3.8) is 0 Å². The molecule has 0 fully saturated rings. The Morgan fingerprint density at radius 2 is 1.65 bits per heavy atom. The molecule has 0 radical (unpaired) electrons. The molecular formula is C15H14O4S. The van der Waals surface area contributed by atoms with Gasteiger partial charge in [0.2, 0.25) is 0 Å². The molecule has 2 rings (SSSR count). The smallest absolute Gasteiger partial charge is 0.337 e. The van der Waals surface area contributed by atoms with Crippen LogP contribution in [0.25, 0.3) is 11.1 Å². The first-order chi connectivity index (χ1) is 9.41. The van der Waals surface area contributed by atoms with Gasteiger partial charge in [-0.05, 0) is 35.4 Å². The number of esters is 1. The van der Waals surface area contributed by atoms with Gasteiger partial charge in [-0.1, -0.05) is 24.3 Å². The number of benzene rings is 2. The summed E-state index contributed by atoms with van der Waals surface area (Å²) in [5.74, 6) is -0.403. The summed E-state index contributed by atoms with van der Waals surface area (Å²) in [6.45, 7) is 0. The van der Waals surface area contributed by atoms with E-state index in [4.69, 9.17) is 0 Å². The Morgan fingerprint density at radius 3 is 2.20 bits per heavy atom. The highest BCUT2D eigenvalue weighted by molar-refractivity contribution is 7.90. The van der Waals surface area contributed by atoms with Crippen LogP contribution in [0.4, 0.5) is 0 Å². The van der Waals surface area contributed by atoms with Crippen molar-refractivity contribution in [3.05, 3.63) is 54.1 Å². The molecule has 0 unspecified atom stereocenters. The van der Waals surface area contributed by atoms with Crippen LogP contribution in [0.2, 0.25) is 0 Å². The van der Waals surface area contributed by atoms with Crippen LogP contribution < -0.4 is 0 Å². The quantitative estimate of drug-likeness (QED) is 0.815. The van der Waals surface area contributed by atoms with Crippen molar-refractivity contribution >= 4 is 15.8 Å². The highest BCUT2D eigenvalue weighted by Crippen LogP contribution is 2.22. The van der Waals surface area contributed by atoms with Crippen LogP contribution in [-0.2, 0) is 14.6 Å². The van der Waals surface area contributed by atoms with Crippen molar-refractivity contribution in [2.45, 2.75) is 4.90 Å². The van der Waals surface area contributed by atoms with Gasteiger partial charge in [0.15, 0.2) is 9.84 Å². The lowest BCUT2D eigenvalue weighted by Crippen LogP contribution is -2.00. The molecule has 0 aliphatic heterocycles. The molecule has 0 saturated heterocycles. The molecule has 0 aliphatic carbocycles. The maximum atomic E-state index is 11.5. The van der Waals surface area contributed by atoms with Gasteiger partial charge >= 0.3 is 5.97 Å². The molecule has 5 heteroatoms. The minimum Gasteiger partial charge on any atom is -0.465 e. The fourth-order valence-electron chi connectivity index (χ4n) is 1.84. The molecule has 0 atom stereocenters. The molecule has 4 nitrogen and oxygen atoms in total. The Hall–Kier alpha value is -2.14. The summed E-state index contributed by atoms with van der Waals surface area (Å²) in [6, 6.07) is 13.5. The second-order valence-corrected chi connectivity index (χ2v) is 6.38. The van der Waals surface area contributed by atoms with Gasteiger partial charge in [-0.3, -0.25) is 0 Å². The van der Waals surface area contributed by atoms with Gasteiger partial charge in [0.1, 0.15) is 0 Å². The number of ether oxygens (including phenoxy) is 1. The summed E-state index contributed by atoms with van der Waals surface area (Å²) < 4.78 is 27.5. The number of carbonyl (C=O) groups is 1. The van der Waals surface area contributed by atoms with Crippen molar-refractivity contribution in [3.8, 4) is 11.1 Å². The predicted molar refractivity (Wildman–Crippen MR) is 76.3 cm³/mol. The average molecular weight is 290 g/mol. The first-order valence-corrected chi connectivity index (χ1v) is 7.80. The van der Waals surface area contributed by atoms with Crippen LogP contribution >= 0.6 is 0 Å². The lowest BCUT2D eigenvalue weighted by Gasteiger charge is -2.05. The molecule has 2 aromatic carbocycles. The molecule has 20 heavy (non-hydrogen) atoms. The first kappa shape index (κ1) is 14.3. The predicted octanol–water partition coefficient (Wildman–Crippen LogP) is 2.54. The van der Waals surface area contributed by atoms with E-state index in [1.165, 1.54) is 13.4 Å². The molecule has 2 aromatic rings. The molecule has 0 amide bonds. The Morgan fingerprint density at radius 1 is 1.00 bits per heavy atom. The third-order valence-electron chi connectivity index (χ3n) is 2.90. The van der Waals surface area contributed by atoms with Crippen LogP contribution in [-0.4, -0.2) is 27.8 Å². The lowest BCUT2D eigenvalue weighted by molar-refractivity contribution is 0.0601. The van der Waals surface area contributed by atoms with Gasteiger partial charge in [0.05, 0.1) is 17.6 Å². The number of hydrogen-bond acceptors (Lipinski definition) is 4. The Labute approximate surface area is 117 Å². The van der Waals surface area contributed by atoms with Crippen molar-refractivity contribution in [1.29, 1.82) is 0 Å². The topological polar surface area (TPSA) is 60.4 Å². The Bertz CT molecular complexity index is 731. The zero-order chi connectivity index (χ0) is 14.8. The highest BCUT2D eigenvalue weighted by Gasteiger charge is 2.09. The highest BCUT2D eigenvalue weighted by atomic mass is 32.2. The van der Waals surface area contributed by atoms with Crippen LogP contribution in [0.15, 0.2) is 53.4 Å². The second kappa shape index (κ2) is 5.46. The van der Waals surface area contributed by atoms with E-state index in [1.807, 2.05) is 6.07 Å². The Kier molecular flexibility index (Phi) is 3.90. The second-order valence-electron chi connectivity index (χ2n) is 4.37. The molecule has 0 heterocycles. The zero-order valence-corrected chi connectivity index (χ0v) is 12.0. The minimum atomic E-state index is -3.20. The fraction of sp³-hybridized carbons (Fsp3) is 0.133. The van der Waals surface area contributed by atoms with Gasteiger partial charge in [0.25, 0.3) is 0 Å². The summed E-state index contributed by atoms with van der Waals surface area (Å²) in [7, 11) is -1.87. The first-order valence-electron chi connectivity index (χ1n) is 5.90. The van der Waals surface area contributed by atoms with E-state index in [0.29, 0.717) is 5.56 Å². The molecular weight excluding hydrogens is 276 g/mol. The normalized spacial score (nSPS) is 11.1. The molecule has 0 bridgehead atoms. The van der Waals surface area contributed by atoms with Gasteiger partial charge < -0.3 is 4.74 Å². The molecule has 0 aromatic heterocycles. The monoisotopic (exact) mass is 290 g/mol. The van der Waals surface area contributed by atoms with E-state index in [9.17, 15) is 13.2 Å². The lowest BCUT2D eigenvalue weighted by atomic mass is 10.0. The number of carbonyl (C=O) groups excluding carboxylic acids is 1. The van der Waals surface area contributed by atoms with E-state index in [-0.39, 0.29) is 4.90 Å². The van der Waals surface area contributed by atoms with Crippen LogP contribution in [0.1, 0.15) is 10.4 Å². The van der Waals surface area contributed by atoms with Crippen molar-refractivity contribution in [2.24, 2.45) is 0 Å². The van der Waals surface area contributed by atoms with Gasteiger partial charge in [-0.15, -0.1) is 0 Å². The number of sulfone groups is 1. The SMILES string of the molecule is COC(=O)c1cccc(-c2ccc(S(C)(=O)=O)cc2)c1. The van der Waals surface area contributed by atoms with E-state index in [0.717, 1.165) is 11.1 Å². The van der Waals surface area contributed by atoms with E-state index in [1.54, 1.807) is 42.5 Å². The largest absolute Gasteiger partial charge is 0.465 e. The van der Waals surface area contributed by atoms with Crippen LogP contribution in [0, 0.1) is 0 Å². The fourth-order valence-corrected chi connectivity index (χ4v) is 2.47. The van der Waals surface area contributed by atoms with Gasteiger partial charge in [-0.2, -0.15) is 0 Å². The summed E-state index contributed by atoms with van der Waals surface area (Å²) in [5, 5.41) is 0. The third-order valence-corrected chi connectivity index (χ3v) is 4.03. The van der Waals surface area contributed by atoms with Crippen LogP contribution in [0.5, 0.6) is 0 Å². The van der Waals surface area contributed by atoms with Crippen molar-refractivity contribution < 1.29 is 17.9 Å². The molecule has 0 saturated carbocycles. The summed E-state index contributed by atoms with van der Waals surface area (Å²) in [4.78, 5) is 11.7. The molecule has 0 spiro atoms. The van der Waals surface area contributed by atoms with E-state index in [2.05, 4.69) is 4.74 Å². The number of rotatable bonds is 3. The zero-order valence-electron chi connectivity index (χ0n) is 11.2. The average Bonchev–Trinajstić information content (AvgIpc) is 2.46. The van der Waals surface area contributed by atoms with E-state index >= 15 is 0 Å². The molecule has 0 N–H and O–H groups in total. The summed E-state index contributed by atoms with van der Waals surface area (Å²) >= 11 is 0. The summed E-state index contributed by atoms with van der Waals surface area (Å²) in [5.41, 5.74) is 2.12. The Balaban J connectivity index is 2.40. The third kappa shape index (κ3) is 3.05. The van der Waals surface area contributed by atoms with Crippen molar-refractivity contribution in [1.82, 2.24) is 0 Å². The number of methoxy groups -OCH3 is 1. The van der Waals surface area contributed by atoms with Crippen LogP contribution in [0.3, 0.4) is 0 Å². The maximum absolute atomic E-state index is 11.5. The number of hydrogen-bond donors (Lipinski definition) is 0. The standard InChI is InChI=1S/C15H14O4S/c1-19-15(16)13-5-3-4-12(10-13)11-6-8-14(9-7-11)20(2,17)18/h3-10H,1-2H3. The van der Waals surface area contributed by atoms with Gasteiger partial charge in [0, 0.05) is 6.26 Å².